The average molecular weight is 280 g/mol. The van der Waals surface area contributed by atoms with Crippen molar-refractivity contribution in [1.82, 2.24) is 10.2 Å². The van der Waals surface area contributed by atoms with Crippen LogP contribution in [0.15, 0.2) is 24.3 Å². The van der Waals surface area contributed by atoms with Gasteiger partial charge in [-0.1, -0.05) is 18.2 Å². The van der Waals surface area contributed by atoms with Crippen molar-refractivity contribution in [3.05, 3.63) is 35.6 Å². The van der Waals surface area contributed by atoms with Gasteiger partial charge < -0.3 is 10.2 Å². The first-order chi connectivity index (χ1) is 9.49. The number of nitrogens with zero attached hydrogens (tertiary/aromatic N) is 1. The molecule has 1 amide bonds. The number of hydrogen-bond donors (Lipinski definition) is 1. The standard InChI is InChI=1S/C16H25FN2O/c1-5-19(6-2)16(20)13(4)18-12(3)11-14-9-7-8-10-15(14)17/h7-10,12-13,18H,5-6,11H2,1-4H3. The molecule has 2 atom stereocenters. The summed E-state index contributed by atoms with van der Waals surface area (Å²) >= 11 is 0. The molecule has 0 bridgehead atoms. The van der Waals surface area contributed by atoms with E-state index in [2.05, 4.69) is 5.32 Å². The van der Waals surface area contributed by atoms with Crippen molar-refractivity contribution in [3.8, 4) is 0 Å². The van der Waals surface area contributed by atoms with Crippen LogP contribution in [0.5, 0.6) is 0 Å². The van der Waals surface area contributed by atoms with Crippen molar-refractivity contribution in [2.75, 3.05) is 13.1 Å². The van der Waals surface area contributed by atoms with Crippen LogP contribution in [0.1, 0.15) is 33.3 Å². The van der Waals surface area contributed by atoms with Gasteiger partial charge in [-0.15, -0.1) is 0 Å². The van der Waals surface area contributed by atoms with Crippen molar-refractivity contribution in [2.45, 2.75) is 46.2 Å². The molecule has 20 heavy (non-hydrogen) atoms. The Morgan fingerprint density at radius 2 is 1.85 bits per heavy atom. The molecule has 0 aliphatic heterocycles. The quantitative estimate of drug-likeness (QED) is 0.832. The first-order valence-corrected chi connectivity index (χ1v) is 7.27. The molecule has 0 spiro atoms. The minimum atomic E-state index is -0.253. The summed E-state index contributed by atoms with van der Waals surface area (Å²) in [6, 6.07) is 6.55. The lowest BCUT2D eigenvalue weighted by molar-refractivity contribution is -0.132. The second kappa shape index (κ2) is 8.00. The van der Waals surface area contributed by atoms with Gasteiger partial charge in [-0.2, -0.15) is 0 Å². The summed E-state index contributed by atoms with van der Waals surface area (Å²) in [6.07, 6.45) is 0.572. The maximum atomic E-state index is 13.6. The first kappa shape index (κ1) is 16.6. The van der Waals surface area contributed by atoms with Crippen molar-refractivity contribution in [3.63, 3.8) is 0 Å². The predicted molar refractivity (Wildman–Crippen MR) is 80.1 cm³/mol. The zero-order chi connectivity index (χ0) is 15.1. The van der Waals surface area contributed by atoms with Crippen LogP contribution in [-0.4, -0.2) is 36.0 Å². The van der Waals surface area contributed by atoms with E-state index in [1.165, 1.54) is 6.07 Å². The molecule has 1 rings (SSSR count). The Balaban J connectivity index is 2.56. The van der Waals surface area contributed by atoms with E-state index < -0.39 is 0 Å². The van der Waals surface area contributed by atoms with Crippen LogP contribution < -0.4 is 5.32 Å². The summed E-state index contributed by atoms with van der Waals surface area (Å²) in [6.45, 7) is 9.19. The molecule has 0 aliphatic carbocycles. The molecule has 1 aromatic carbocycles. The first-order valence-electron chi connectivity index (χ1n) is 7.27. The van der Waals surface area contributed by atoms with Crippen LogP contribution in [0, 0.1) is 5.82 Å². The topological polar surface area (TPSA) is 32.3 Å². The molecular formula is C16H25FN2O. The average Bonchev–Trinajstić information content (AvgIpc) is 2.42. The second-order valence-electron chi connectivity index (χ2n) is 5.10. The lowest BCUT2D eigenvalue weighted by Gasteiger charge is -2.26. The van der Waals surface area contributed by atoms with Gasteiger partial charge in [0, 0.05) is 19.1 Å². The smallest absolute Gasteiger partial charge is 0.239 e. The van der Waals surface area contributed by atoms with E-state index >= 15 is 0 Å². The highest BCUT2D eigenvalue weighted by molar-refractivity contribution is 5.81. The maximum Gasteiger partial charge on any atom is 0.239 e. The Morgan fingerprint density at radius 1 is 1.25 bits per heavy atom. The van der Waals surface area contributed by atoms with Gasteiger partial charge >= 0.3 is 0 Å². The van der Waals surface area contributed by atoms with E-state index in [-0.39, 0.29) is 23.8 Å². The third-order valence-corrected chi connectivity index (χ3v) is 3.46. The molecule has 0 saturated carbocycles. The van der Waals surface area contributed by atoms with E-state index in [9.17, 15) is 9.18 Å². The number of carbonyl (C=O) groups excluding carboxylic acids is 1. The van der Waals surface area contributed by atoms with E-state index in [1.807, 2.05) is 33.8 Å². The highest BCUT2D eigenvalue weighted by Gasteiger charge is 2.20. The molecule has 4 heteroatoms. The zero-order valence-corrected chi connectivity index (χ0v) is 12.8. The van der Waals surface area contributed by atoms with Gasteiger partial charge in [0.15, 0.2) is 0 Å². The molecule has 0 radical (unpaired) electrons. The summed E-state index contributed by atoms with van der Waals surface area (Å²) in [5, 5.41) is 3.25. The number of halogens is 1. The molecule has 112 valence electrons. The number of rotatable bonds is 7. The Labute approximate surface area is 121 Å². The van der Waals surface area contributed by atoms with Crippen LogP contribution in [0.3, 0.4) is 0 Å². The maximum absolute atomic E-state index is 13.6. The fourth-order valence-corrected chi connectivity index (χ4v) is 2.36. The third kappa shape index (κ3) is 4.60. The summed E-state index contributed by atoms with van der Waals surface area (Å²) in [5.74, 6) is -0.0979. The largest absolute Gasteiger partial charge is 0.342 e. The van der Waals surface area contributed by atoms with Crippen molar-refractivity contribution in [1.29, 1.82) is 0 Å². The van der Waals surface area contributed by atoms with E-state index in [4.69, 9.17) is 0 Å². The molecule has 1 aromatic rings. The van der Waals surface area contributed by atoms with Crippen molar-refractivity contribution >= 4 is 5.91 Å². The Morgan fingerprint density at radius 3 is 2.40 bits per heavy atom. The fourth-order valence-electron chi connectivity index (χ4n) is 2.36. The number of hydrogen-bond acceptors (Lipinski definition) is 2. The van der Waals surface area contributed by atoms with Gasteiger partial charge in [0.1, 0.15) is 5.82 Å². The number of carbonyl (C=O) groups is 1. The lowest BCUT2D eigenvalue weighted by atomic mass is 10.1. The Bertz CT molecular complexity index is 432. The monoisotopic (exact) mass is 280 g/mol. The summed E-state index contributed by atoms with van der Waals surface area (Å²) in [5.41, 5.74) is 0.676. The molecule has 0 saturated heterocycles. The van der Waals surface area contributed by atoms with E-state index in [0.717, 1.165) is 0 Å². The van der Waals surface area contributed by atoms with Crippen LogP contribution in [0.2, 0.25) is 0 Å². The molecule has 3 nitrogen and oxygen atoms in total. The molecule has 0 fully saturated rings. The Kier molecular flexibility index (Phi) is 6.65. The lowest BCUT2D eigenvalue weighted by Crippen LogP contribution is -2.48. The minimum absolute atomic E-state index is 0.0430. The van der Waals surface area contributed by atoms with Gasteiger partial charge in [-0.05, 0) is 45.7 Å². The van der Waals surface area contributed by atoms with Gasteiger partial charge in [0.25, 0.3) is 0 Å². The van der Waals surface area contributed by atoms with Gasteiger partial charge in [-0.3, -0.25) is 4.79 Å². The van der Waals surface area contributed by atoms with E-state index in [1.54, 1.807) is 17.0 Å². The fraction of sp³-hybridized carbons (Fsp3) is 0.562. The third-order valence-electron chi connectivity index (χ3n) is 3.46. The number of nitrogens with one attached hydrogen (secondary N) is 1. The van der Waals surface area contributed by atoms with Crippen LogP contribution in [-0.2, 0) is 11.2 Å². The normalized spacial score (nSPS) is 13.8. The van der Waals surface area contributed by atoms with Gasteiger partial charge in [0.2, 0.25) is 5.91 Å². The minimum Gasteiger partial charge on any atom is -0.342 e. The number of benzene rings is 1. The number of likely N-dealkylation sites (N-methyl/N-ethyl adjacent to an activating group) is 1. The summed E-state index contributed by atoms with van der Waals surface area (Å²) in [7, 11) is 0. The van der Waals surface area contributed by atoms with Crippen molar-refractivity contribution in [2.24, 2.45) is 0 Å². The molecule has 2 unspecified atom stereocenters. The highest BCUT2D eigenvalue weighted by Crippen LogP contribution is 2.09. The molecular weight excluding hydrogens is 255 g/mol. The van der Waals surface area contributed by atoms with Gasteiger partial charge in [0.05, 0.1) is 6.04 Å². The molecule has 0 aliphatic rings. The van der Waals surface area contributed by atoms with Crippen LogP contribution >= 0.6 is 0 Å². The SMILES string of the molecule is CCN(CC)C(=O)C(C)NC(C)Cc1ccccc1F. The molecule has 0 heterocycles. The van der Waals surface area contributed by atoms with Crippen LogP contribution in [0.25, 0.3) is 0 Å². The predicted octanol–water partition coefficient (Wildman–Crippen LogP) is 2.60. The van der Waals surface area contributed by atoms with Crippen LogP contribution in [0.4, 0.5) is 4.39 Å². The molecule has 1 N–H and O–H groups in total. The number of amides is 1. The van der Waals surface area contributed by atoms with Crippen molar-refractivity contribution < 1.29 is 9.18 Å². The van der Waals surface area contributed by atoms with E-state index in [0.29, 0.717) is 25.1 Å². The second-order valence-corrected chi connectivity index (χ2v) is 5.10. The van der Waals surface area contributed by atoms with Gasteiger partial charge in [-0.25, -0.2) is 4.39 Å². The summed E-state index contributed by atoms with van der Waals surface area (Å²) in [4.78, 5) is 13.9. The highest BCUT2D eigenvalue weighted by atomic mass is 19.1. The molecule has 0 aromatic heterocycles. The summed E-state index contributed by atoms with van der Waals surface area (Å²) < 4.78 is 13.6. The Hall–Kier alpha value is -1.42. The zero-order valence-electron chi connectivity index (χ0n) is 12.8.